The lowest BCUT2D eigenvalue weighted by Crippen LogP contribution is -2.40. The van der Waals surface area contributed by atoms with Gasteiger partial charge in [-0.1, -0.05) is 12.1 Å². The summed E-state index contributed by atoms with van der Waals surface area (Å²) in [5, 5.41) is 2.39. The van der Waals surface area contributed by atoms with Crippen molar-refractivity contribution in [2.75, 3.05) is 23.4 Å². The lowest BCUT2D eigenvalue weighted by molar-refractivity contribution is -0.146. The lowest BCUT2D eigenvalue weighted by Gasteiger charge is -2.23. The zero-order chi connectivity index (χ0) is 38.2. The van der Waals surface area contributed by atoms with Crippen LogP contribution in [0.4, 0.5) is 33.7 Å². The number of ketones is 2. The Morgan fingerprint density at radius 3 is 1.69 bits per heavy atom. The molecule has 3 amide bonds. The Balaban J connectivity index is 0.000000286. The fourth-order valence-electron chi connectivity index (χ4n) is 5.25. The van der Waals surface area contributed by atoms with E-state index in [9.17, 15) is 51.1 Å². The predicted molar refractivity (Wildman–Crippen MR) is 173 cm³/mol. The molecule has 2 heterocycles. The Bertz CT molecular complexity index is 1690. The fraction of sp³-hybridized carbons (Fsp3) is 0.457. The highest BCUT2D eigenvalue weighted by Gasteiger charge is 2.42. The van der Waals surface area contributed by atoms with Crippen LogP contribution in [0.5, 0.6) is 0 Å². The van der Waals surface area contributed by atoms with E-state index in [1.807, 2.05) is 0 Å². The quantitative estimate of drug-likeness (QED) is 0.113. The van der Waals surface area contributed by atoms with Gasteiger partial charge in [-0.25, -0.2) is 27.3 Å². The number of ether oxygens (including phenoxy) is 3. The van der Waals surface area contributed by atoms with E-state index in [1.54, 1.807) is 34.6 Å². The molecule has 12 nitrogen and oxygen atoms in total. The number of alkyl halides is 4. The van der Waals surface area contributed by atoms with E-state index in [4.69, 9.17) is 14.2 Å². The van der Waals surface area contributed by atoms with Crippen LogP contribution in [-0.2, 0) is 33.4 Å². The maximum absolute atomic E-state index is 12.7. The standard InChI is InChI=1S/C20H23F2NO6.C15H15F2NO4/c1-5-28-18(26)12(7-9-15(21)22)11-6-8-14-13(10-11)16(24)17(25)23(14)19(27)29-20(2,3)4;1-2-22-15(21)9(4-6-12(16)17)8-3-5-11-10(7-8)13(19)14(20)18-11/h6,8,10,12,15H,5,7,9H2,1-4H3;3,5,7,9,12H,2,4,6H2,1H3,(H,18,19,20). The Morgan fingerprint density at radius 1 is 0.725 bits per heavy atom. The van der Waals surface area contributed by atoms with Gasteiger partial charge in [-0.05, 0) is 82.9 Å². The Hall–Kier alpha value is -5.15. The molecule has 0 spiro atoms. The topological polar surface area (TPSA) is 162 Å². The molecular formula is C35H38F4N2O10. The first kappa shape index (κ1) is 40.3. The third-order valence-electron chi connectivity index (χ3n) is 7.52. The van der Waals surface area contributed by atoms with Crippen molar-refractivity contribution in [1.29, 1.82) is 0 Å². The molecule has 0 radical (unpaired) electrons. The molecule has 0 aliphatic carbocycles. The summed E-state index contributed by atoms with van der Waals surface area (Å²) in [4.78, 5) is 84.9. The lowest BCUT2D eigenvalue weighted by atomic mass is 9.92. The van der Waals surface area contributed by atoms with Gasteiger partial charge in [0.1, 0.15) is 5.60 Å². The SMILES string of the molecule is CCOC(=O)C(CCC(F)F)c1ccc2c(c1)C(=O)C(=O)N2.CCOC(=O)C(CCC(F)F)c1ccc2c(c1)C(=O)C(=O)N2C(=O)OC(C)(C)C. The summed E-state index contributed by atoms with van der Waals surface area (Å²) < 4.78 is 65.2. The van der Waals surface area contributed by atoms with Gasteiger partial charge in [0.2, 0.25) is 12.9 Å². The minimum Gasteiger partial charge on any atom is -0.466 e. The van der Waals surface area contributed by atoms with Crippen LogP contribution in [0.15, 0.2) is 36.4 Å². The number of hydrogen-bond acceptors (Lipinski definition) is 10. The molecule has 0 aromatic heterocycles. The number of amides is 3. The number of esters is 2. The number of Topliss-reactive ketones (excluding diaryl/α,β-unsaturated/α-hetero) is 2. The summed E-state index contributed by atoms with van der Waals surface area (Å²) in [5.41, 5.74) is 0.203. The van der Waals surface area contributed by atoms with Gasteiger partial charge in [0, 0.05) is 12.8 Å². The maximum Gasteiger partial charge on any atom is 0.422 e. The van der Waals surface area contributed by atoms with Crippen molar-refractivity contribution in [1.82, 2.24) is 0 Å². The second kappa shape index (κ2) is 17.2. The number of halogens is 4. The molecule has 2 aromatic rings. The van der Waals surface area contributed by atoms with Gasteiger partial charge in [0.15, 0.2) is 0 Å². The summed E-state index contributed by atoms with van der Waals surface area (Å²) in [6.07, 6.45) is -7.40. The van der Waals surface area contributed by atoms with Gasteiger partial charge in [0.25, 0.3) is 17.5 Å². The number of anilines is 2. The molecule has 1 N–H and O–H groups in total. The van der Waals surface area contributed by atoms with E-state index in [0.29, 0.717) is 16.2 Å². The Kier molecular flexibility index (Phi) is 13.6. The number of rotatable bonds is 12. The van der Waals surface area contributed by atoms with Crippen LogP contribution in [0.2, 0.25) is 0 Å². The summed E-state index contributed by atoms with van der Waals surface area (Å²) >= 11 is 0. The zero-order valence-electron chi connectivity index (χ0n) is 28.6. The van der Waals surface area contributed by atoms with Gasteiger partial charge in [-0.15, -0.1) is 0 Å². The summed E-state index contributed by atoms with van der Waals surface area (Å²) in [7, 11) is 0. The second-order valence-electron chi connectivity index (χ2n) is 12.4. The monoisotopic (exact) mass is 722 g/mol. The Labute approximate surface area is 290 Å². The summed E-state index contributed by atoms with van der Waals surface area (Å²) in [5.74, 6) is -6.69. The molecule has 16 heteroatoms. The number of benzene rings is 2. The van der Waals surface area contributed by atoms with Crippen LogP contribution in [0.1, 0.15) is 104 Å². The molecule has 51 heavy (non-hydrogen) atoms. The third-order valence-corrected chi connectivity index (χ3v) is 7.52. The van der Waals surface area contributed by atoms with E-state index in [-0.39, 0.29) is 48.4 Å². The molecule has 2 atom stereocenters. The van der Waals surface area contributed by atoms with Crippen LogP contribution >= 0.6 is 0 Å². The second-order valence-corrected chi connectivity index (χ2v) is 12.4. The molecule has 2 aliphatic heterocycles. The first-order chi connectivity index (χ1) is 23.9. The summed E-state index contributed by atoms with van der Waals surface area (Å²) in [6.45, 7) is 8.26. The zero-order valence-corrected chi connectivity index (χ0v) is 28.6. The minimum atomic E-state index is -2.60. The Morgan fingerprint density at radius 2 is 1.22 bits per heavy atom. The summed E-state index contributed by atoms with van der Waals surface area (Å²) in [6, 6.07) is 8.42. The van der Waals surface area contributed by atoms with Crippen LogP contribution < -0.4 is 10.2 Å². The molecule has 2 aliphatic rings. The number of fused-ring (bicyclic) bond motifs is 2. The van der Waals surface area contributed by atoms with Crippen LogP contribution in [0.25, 0.3) is 0 Å². The smallest absolute Gasteiger partial charge is 0.422 e. The number of nitrogens with zero attached hydrogens (tertiary/aromatic N) is 1. The predicted octanol–water partition coefficient (Wildman–Crippen LogP) is 6.36. The molecule has 276 valence electrons. The highest BCUT2D eigenvalue weighted by atomic mass is 19.3. The van der Waals surface area contributed by atoms with Crippen molar-refractivity contribution in [3.05, 3.63) is 58.7 Å². The number of carbonyl (C=O) groups is 7. The van der Waals surface area contributed by atoms with E-state index in [2.05, 4.69) is 5.32 Å². The van der Waals surface area contributed by atoms with Crippen LogP contribution in [0.3, 0.4) is 0 Å². The van der Waals surface area contributed by atoms with Crippen LogP contribution in [-0.4, -0.2) is 73.1 Å². The maximum atomic E-state index is 12.7. The number of nitrogens with one attached hydrogen (secondary N) is 1. The number of hydrogen-bond donors (Lipinski definition) is 1. The van der Waals surface area contributed by atoms with E-state index >= 15 is 0 Å². The molecule has 0 saturated carbocycles. The van der Waals surface area contributed by atoms with Crippen molar-refractivity contribution in [3.8, 4) is 0 Å². The van der Waals surface area contributed by atoms with Gasteiger partial charge in [-0.3, -0.25) is 28.8 Å². The van der Waals surface area contributed by atoms with Crippen molar-refractivity contribution in [2.45, 2.75) is 90.6 Å². The van der Waals surface area contributed by atoms with E-state index < -0.39 is 84.5 Å². The van der Waals surface area contributed by atoms with Gasteiger partial charge >= 0.3 is 23.9 Å². The van der Waals surface area contributed by atoms with Crippen molar-refractivity contribution >= 4 is 52.8 Å². The van der Waals surface area contributed by atoms with Crippen molar-refractivity contribution in [2.24, 2.45) is 0 Å². The third kappa shape index (κ3) is 10.2. The molecule has 2 aromatic carbocycles. The molecule has 0 bridgehead atoms. The highest BCUT2D eigenvalue weighted by molar-refractivity contribution is 6.56. The average Bonchev–Trinajstić information content (AvgIpc) is 3.47. The highest BCUT2D eigenvalue weighted by Crippen LogP contribution is 2.35. The van der Waals surface area contributed by atoms with Gasteiger partial charge in [-0.2, -0.15) is 0 Å². The molecule has 0 fully saturated rings. The van der Waals surface area contributed by atoms with Crippen molar-refractivity contribution in [3.63, 3.8) is 0 Å². The fourth-order valence-corrected chi connectivity index (χ4v) is 5.25. The normalized spacial score (nSPS) is 14.8. The average molecular weight is 723 g/mol. The number of carbonyl (C=O) groups excluding carboxylic acids is 7. The van der Waals surface area contributed by atoms with Crippen molar-refractivity contribution < 1.29 is 65.3 Å². The molecule has 0 saturated heterocycles. The van der Waals surface area contributed by atoms with Crippen LogP contribution in [0, 0.1) is 0 Å². The number of imide groups is 1. The molecular weight excluding hydrogens is 684 g/mol. The molecule has 4 rings (SSSR count). The first-order valence-corrected chi connectivity index (χ1v) is 16.0. The van der Waals surface area contributed by atoms with Gasteiger partial charge in [0.05, 0.1) is 47.6 Å². The van der Waals surface area contributed by atoms with Gasteiger partial charge < -0.3 is 19.5 Å². The largest absolute Gasteiger partial charge is 0.466 e. The van der Waals surface area contributed by atoms with E-state index in [1.165, 1.54) is 36.4 Å². The van der Waals surface area contributed by atoms with E-state index in [0.717, 1.165) is 0 Å². The minimum absolute atomic E-state index is 0.0227. The first-order valence-electron chi connectivity index (χ1n) is 16.0. The molecule has 2 unspecified atom stereocenters.